The predicted molar refractivity (Wildman–Crippen MR) is 106 cm³/mol. The van der Waals surface area contributed by atoms with Crippen molar-refractivity contribution in [3.05, 3.63) is 62.4 Å². The molecule has 0 saturated carbocycles. The van der Waals surface area contributed by atoms with E-state index in [-0.39, 0.29) is 18.1 Å². The van der Waals surface area contributed by atoms with Crippen LogP contribution in [-0.4, -0.2) is 22.5 Å². The lowest BCUT2D eigenvalue weighted by atomic mass is 10.2. The number of aromatic nitrogens is 1. The molecule has 0 amide bonds. The van der Waals surface area contributed by atoms with Crippen molar-refractivity contribution in [2.24, 2.45) is 0 Å². The van der Waals surface area contributed by atoms with E-state index in [0.29, 0.717) is 15.6 Å². The highest BCUT2D eigenvalue weighted by molar-refractivity contribution is 7.14. The Hall–Kier alpha value is -2.15. The first-order valence-electron chi connectivity index (χ1n) is 7.59. The van der Waals surface area contributed by atoms with Gasteiger partial charge in [0.15, 0.2) is 0 Å². The molecule has 0 bridgehead atoms. The Morgan fingerprint density at radius 1 is 1.28 bits per heavy atom. The molecule has 1 aliphatic rings. The molecule has 0 spiro atoms. The van der Waals surface area contributed by atoms with E-state index >= 15 is 0 Å². The van der Waals surface area contributed by atoms with Gasteiger partial charge in [0.1, 0.15) is 16.6 Å². The molecule has 0 saturated heterocycles. The first kappa shape index (κ1) is 16.3. The van der Waals surface area contributed by atoms with Crippen LogP contribution in [0.3, 0.4) is 0 Å². The summed E-state index contributed by atoms with van der Waals surface area (Å²) in [6, 6.07) is 9.55. The Kier molecular flexibility index (Phi) is 4.11. The van der Waals surface area contributed by atoms with Gasteiger partial charge in [0.25, 0.3) is 0 Å². The fourth-order valence-corrected chi connectivity index (χ4v) is 4.62. The Morgan fingerprint density at radius 3 is 2.88 bits per heavy atom. The number of thiophene rings is 1. The third-order valence-corrected chi connectivity index (χ3v) is 6.04. The molecule has 0 radical (unpaired) electrons. The molecule has 126 valence electrons. The van der Waals surface area contributed by atoms with E-state index in [0.717, 1.165) is 21.8 Å². The number of amidine groups is 1. The minimum Gasteiger partial charge on any atom is -0.510 e. The zero-order valence-electron chi connectivity index (χ0n) is 13.3. The maximum absolute atomic E-state index is 10.5. The minimum absolute atomic E-state index is 0.163. The van der Waals surface area contributed by atoms with Crippen molar-refractivity contribution in [1.82, 2.24) is 4.98 Å². The SMILES string of the molecule is Cc1ccc(Cl)cc1N1CC(O)=C(c2nc(-c3cccs3)cs2)C1=N. The van der Waals surface area contributed by atoms with Gasteiger partial charge in [-0.25, -0.2) is 4.98 Å². The van der Waals surface area contributed by atoms with Gasteiger partial charge < -0.3 is 10.0 Å². The van der Waals surface area contributed by atoms with Crippen LogP contribution in [0.15, 0.2) is 46.9 Å². The highest BCUT2D eigenvalue weighted by Gasteiger charge is 2.32. The van der Waals surface area contributed by atoms with Gasteiger partial charge in [0, 0.05) is 16.1 Å². The number of hydrogen-bond acceptors (Lipinski definition) is 5. The zero-order valence-corrected chi connectivity index (χ0v) is 15.7. The summed E-state index contributed by atoms with van der Waals surface area (Å²) in [6.45, 7) is 2.22. The van der Waals surface area contributed by atoms with E-state index in [1.165, 1.54) is 11.3 Å². The molecule has 25 heavy (non-hydrogen) atoms. The minimum atomic E-state index is 0.163. The van der Waals surface area contributed by atoms with Gasteiger partial charge in [0.2, 0.25) is 0 Å². The molecular weight excluding hydrogens is 374 g/mol. The molecule has 0 unspecified atom stereocenters. The van der Waals surface area contributed by atoms with E-state index in [1.807, 2.05) is 48.0 Å². The van der Waals surface area contributed by atoms with Crippen LogP contribution in [0.2, 0.25) is 5.02 Å². The number of aryl methyl sites for hydroxylation is 1. The topological polar surface area (TPSA) is 60.2 Å². The summed E-state index contributed by atoms with van der Waals surface area (Å²) in [4.78, 5) is 7.46. The number of thiazole rings is 1. The van der Waals surface area contributed by atoms with Crippen LogP contribution >= 0.6 is 34.3 Å². The average Bonchev–Trinajstić information content (AvgIpc) is 3.30. The smallest absolute Gasteiger partial charge is 0.139 e. The number of aliphatic hydroxyl groups is 1. The molecule has 1 aliphatic heterocycles. The number of nitrogens with one attached hydrogen (secondary N) is 1. The number of aliphatic hydroxyl groups excluding tert-OH is 1. The Labute approximate surface area is 158 Å². The van der Waals surface area contributed by atoms with E-state index < -0.39 is 0 Å². The number of anilines is 1. The van der Waals surface area contributed by atoms with Crippen molar-refractivity contribution in [2.45, 2.75) is 6.92 Å². The molecule has 2 N–H and O–H groups in total. The molecule has 0 aliphatic carbocycles. The van der Waals surface area contributed by atoms with Crippen molar-refractivity contribution in [1.29, 1.82) is 5.41 Å². The highest BCUT2D eigenvalue weighted by atomic mass is 35.5. The molecule has 3 aromatic rings. The Morgan fingerprint density at radius 2 is 2.12 bits per heavy atom. The quantitative estimate of drug-likeness (QED) is 0.614. The summed E-state index contributed by atoms with van der Waals surface area (Å²) in [7, 11) is 0. The summed E-state index contributed by atoms with van der Waals surface area (Å²) >= 11 is 9.17. The van der Waals surface area contributed by atoms with Crippen LogP contribution < -0.4 is 4.90 Å². The van der Waals surface area contributed by atoms with Gasteiger partial charge >= 0.3 is 0 Å². The average molecular weight is 388 g/mol. The van der Waals surface area contributed by atoms with Crippen LogP contribution in [0.4, 0.5) is 5.69 Å². The molecule has 1 aromatic carbocycles. The number of rotatable bonds is 3. The number of hydrogen-bond donors (Lipinski definition) is 2. The summed E-state index contributed by atoms with van der Waals surface area (Å²) in [5.41, 5.74) is 3.20. The van der Waals surface area contributed by atoms with Crippen LogP contribution in [0.1, 0.15) is 10.6 Å². The number of benzene rings is 1. The molecule has 2 aromatic heterocycles. The second kappa shape index (κ2) is 6.29. The van der Waals surface area contributed by atoms with Crippen molar-refractivity contribution in [2.75, 3.05) is 11.4 Å². The zero-order chi connectivity index (χ0) is 17.6. The third-order valence-electron chi connectivity index (χ3n) is 4.06. The van der Waals surface area contributed by atoms with Crippen molar-refractivity contribution < 1.29 is 5.11 Å². The molecule has 3 heterocycles. The number of halogens is 1. The van der Waals surface area contributed by atoms with Crippen LogP contribution in [0, 0.1) is 12.3 Å². The molecule has 0 fully saturated rings. The maximum Gasteiger partial charge on any atom is 0.139 e. The first-order chi connectivity index (χ1) is 12.0. The Bertz CT molecular complexity index is 992. The molecular formula is C18H14ClN3OS2. The fourth-order valence-electron chi connectivity index (χ4n) is 2.81. The van der Waals surface area contributed by atoms with Gasteiger partial charge in [-0.1, -0.05) is 23.7 Å². The van der Waals surface area contributed by atoms with Crippen LogP contribution in [-0.2, 0) is 0 Å². The van der Waals surface area contributed by atoms with Gasteiger partial charge in [-0.15, -0.1) is 22.7 Å². The fraction of sp³-hybridized carbons (Fsp3) is 0.111. The van der Waals surface area contributed by atoms with Gasteiger partial charge in [-0.05, 0) is 36.1 Å². The van der Waals surface area contributed by atoms with Crippen LogP contribution in [0.5, 0.6) is 0 Å². The van der Waals surface area contributed by atoms with E-state index in [1.54, 1.807) is 16.2 Å². The monoisotopic (exact) mass is 387 g/mol. The van der Waals surface area contributed by atoms with Crippen LogP contribution in [0.25, 0.3) is 16.1 Å². The van der Waals surface area contributed by atoms with Crippen molar-refractivity contribution in [3.8, 4) is 10.6 Å². The van der Waals surface area contributed by atoms with Gasteiger partial charge in [-0.2, -0.15) is 0 Å². The maximum atomic E-state index is 10.5. The highest BCUT2D eigenvalue weighted by Crippen LogP contribution is 2.36. The Balaban J connectivity index is 1.69. The summed E-state index contributed by atoms with van der Waals surface area (Å²) in [6.07, 6.45) is 0. The lowest BCUT2D eigenvalue weighted by Gasteiger charge is -2.21. The second-order valence-corrected chi connectivity index (χ2v) is 7.94. The third kappa shape index (κ3) is 2.86. The van der Waals surface area contributed by atoms with E-state index in [4.69, 9.17) is 17.0 Å². The first-order valence-corrected chi connectivity index (χ1v) is 9.73. The second-order valence-electron chi connectivity index (χ2n) is 5.70. The normalized spacial score (nSPS) is 14.6. The lowest BCUT2D eigenvalue weighted by Crippen LogP contribution is -2.26. The summed E-state index contributed by atoms with van der Waals surface area (Å²) in [5.74, 6) is 0.409. The number of nitrogens with zero attached hydrogens (tertiary/aromatic N) is 2. The van der Waals surface area contributed by atoms with Crippen molar-refractivity contribution in [3.63, 3.8) is 0 Å². The van der Waals surface area contributed by atoms with Gasteiger partial charge in [0.05, 0.1) is 22.7 Å². The molecule has 4 rings (SSSR count). The molecule has 0 atom stereocenters. The van der Waals surface area contributed by atoms with Crippen molar-refractivity contribution >= 4 is 51.4 Å². The van der Waals surface area contributed by atoms with E-state index in [9.17, 15) is 5.11 Å². The summed E-state index contributed by atoms with van der Waals surface area (Å²) < 4.78 is 0. The largest absolute Gasteiger partial charge is 0.510 e. The summed E-state index contributed by atoms with van der Waals surface area (Å²) in [5, 5.41) is 24.3. The molecule has 7 heteroatoms. The molecule has 4 nitrogen and oxygen atoms in total. The lowest BCUT2D eigenvalue weighted by molar-refractivity contribution is 0.411. The van der Waals surface area contributed by atoms with E-state index in [2.05, 4.69) is 4.98 Å². The van der Waals surface area contributed by atoms with Gasteiger partial charge in [-0.3, -0.25) is 5.41 Å². The predicted octanol–water partition coefficient (Wildman–Crippen LogP) is 5.60. The standard InChI is InChI=1S/C18H14ClN3OS2/c1-10-4-5-11(19)7-13(10)22-8-14(23)16(17(22)20)18-21-12(9-25-18)15-3-2-6-24-15/h2-7,9,20,23H,8H2,1H3.